The third kappa shape index (κ3) is 3.02. The largest absolute Gasteiger partial charge is 0.328 e. The van der Waals surface area contributed by atoms with Crippen molar-refractivity contribution >= 4 is 58.6 Å². The second-order valence-corrected chi connectivity index (χ2v) is 5.42. The van der Waals surface area contributed by atoms with Gasteiger partial charge >= 0.3 is 0 Å². The van der Waals surface area contributed by atoms with Crippen molar-refractivity contribution in [3.05, 3.63) is 46.8 Å². The molecule has 1 aromatic carbocycles. The van der Waals surface area contributed by atoms with Crippen LogP contribution in [0.4, 0.5) is 0 Å². The van der Waals surface area contributed by atoms with E-state index in [1.165, 1.54) is 0 Å². The van der Waals surface area contributed by atoms with E-state index in [1.54, 1.807) is 12.2 Å². The van der Waals surface area contributed by atoms with Gasteiger partial charge in [-0.2, -0.15) is 0 Å². The third-order valence-corrected chi connectivity index (χ3v) is 3.38. The quantitative estimate of drug-likeness (QED) is 0.464. The van der Waals surface area contributed by atoms with Crippen molar-refractivity contribution in [3.63, 3.8) is 0 Å². The first-order valence-corrected chi connectivity index (χ1v) is 7.11. The fourth-order valence-corrected chi connectivity index (χ4v) is 2.44. The van der Waals surface area contributed by atoms with Crippen LogP contribution in [0.15, 0.2) is 35.7 Å². The zero-order valence-electron chi connectivity index (χ0n) is 11.1. The van der Waals surface area contributed by atoms with Crippen LogP contribution in [0, 0.1) is 0 Å². The van der Waals surface area contributed by atoms with Gasteiger partial charge in [-0.05, 0) is 53.8 Å². The summed E-state index contributed by atoms with van der Waals surface area (Å²) in [5, 5.41) is 11.1. The second kappa shape index (κ2) is 5.66. The van der Waals surface area contributed by atoms with Crippen LogP contribution in [0.5, 0.6) is 0 Å². The average Bonchev–Trinajstić information content (AvgIpc) is 2.92. The van der Waals surface area contributed by atoms with E-state index in [9.17, 15) is 9.59 Å². The summed E-state index contributed by atoms with van der Waals surface area (Å²) in [5.41, 5.74) is 2.37. The highest BCUT2D eigenvalue weighted by Crippen LogP contribution is 2.14. The lowest BCUT2D eigenvalue weighted by Crippen LogP contribution is -2.21. The number of amides is 2. The Morgan fingerprint density at radius 1 is 0.773 bits per heavy atom. The Kier molecular flexibility index (Phi) is 3.70. The van der Waals surface area contributed by atoms with E-state index in [0.29, 0.717) is 11.4 Å². The van der Waals surface area contributed by atoms with Gasteiger partial charge < -0.3 is 10.6 Å². The molecule has 0 bridgehead atoms. The predicted molar refractivity (Wildman–Crippen MR) is 90.1 cm³/mol. The highest BCUT2D eigenvalue weighted by Gasteiger charge is 2.21. The zero-order valence-corrected chi connectivity index (χ0v) is 12.7. The molecule has 0 radical (unpaired) electrons. The van der Waals surface area contributed by atoms with Crippen LogP contribution in [-0.4, -0.2) is 22.0 Å². The molecule has 2 heterocycles. The van der Waals surface area contributed by atoms with Crippen molar-refractivity contribution in [3.8, 4) is 0 Å². The summed E-state index contributed by atoms with van der Waals surface area (Å²) in [6, 6.07) is 7.36. The Bertz CT molecular complexity index is 722. The van der Waals surface area contributed by atoms with Crippen LogP contribution in [0.25, 0.3) is 12.2 Å². The molecule has 3 rings (SSSR count). The number of carbonyl (C=O) groups excluding carboxylic acids is 2. The van der Waals surface area contributed by atoms with Crippen LogP contribution in [-0.2, 0) is 9.59 Å². The molecule has 0 unspecified atom stereocenters. The molecule has 110 valence electrons. The molecule has 0 aromatic heterocycles. The molecule has 6 nitrogen and oxygen atoms in total. The third-order valence-electron chi connectivity index (χ3n) is 2.97. The Morgan fingerprint density at radius 2 is 1.23 bits per heavy atom. The normalized spacial score (nSPS) is 20.9. The average molecular weight is 330 g/mol. The fourth-order valence-electron chi connectivity index (χ4n) is 2.04. The van der Waals surface area contributed by atoms with Gasteiger partial charge in [-0.15, -0.1) is 0 Å². The number of rotatable bonds is 2. The first kappa shape index (κ1) is 14.4. The van der Waals surface area contributed by atoms with Gasteiger partial charge in [0.25, 0.3) is 11.8 Å². The highest BCUT2D eigenvalue weighted by molar-refractivity contribution is 7.80. The summed E-state index contributed by atoms with van der Waals surface area (Å²) in [6.45, 7) is 0. The fraction of sp³-hybridized carbons (Fsp3) is 0. The number of hydrogen-bond acceptors (Lipinski definition) is 4. The molecular formula is C14H10N4O2S2. The van der Waals surface area contributed by atoms with Gasteiger partial charge in [0.1, 0.15) is 11.4 Å². The minimum Gasteiger partial charge on any atom is -0.328 e. The van der Waals surface area contributed by atoms with Gasteiger partial charge in [0.05, 0.1) is 0 Å². The van der Waals surface area contributed by atoms with Crippen molar-refractivity contribution in [2.45, 2.75) is 0 Å². The second-order valence-electron chi connectivity index (χ2n) is 4.60. The number of nitrogens with one attached hydrogen (secondary N) is 4. The molecule has 2 fully saturated rings. The van der Waals surface area contributed by atoms with Crippen LogP contribution >= 0.6 is 24.4 Å². The van der Waals surface area contributed by atoms with Gasteiger partial charge in [0.2, 0.25) is 0 Å². The SMILES string of the molecule is O=C1NC(=S)N/C1=C\c1cccc(/C=C2\NC(=S)NC2=O)c1. The van der Waals surface area contributed by atoms with E-state index >= 15 is 0 Å². The molecule has 2 aliphatic rings. The molecule has 0 spiro atoms. The topological polar surface area (TPSA) is 82.3 Å². The summed E-state index contributed by atoms with van der Waals surface area (Å²) in [5.74, 6) is -0.535. The smallest absolute Gasteiger partial charge is 0.273 e. The minimum absolute atomic E-state index is 0.268. The Hall–Kier alpha value is -2.58. The van der Waals surface area contributed by atoms with E-state index < -0.39 is 0 Å². The lowest BCUT2D eigenvalue weighted by molar-refractivity contribution is -0.116. The molecule has 0 saturated carbocycles. The van der Waals surface area contributed by atoms with Crippen LogP contribution < -0.4 is 21.3 Å². The summed E-state index contributed by atoms with van der Waals surface area (Å²) < 4.78 is 0. The van der Waals surface area contributed by atoms with Crippen molar-refractivity contribution in [2.24, 2.45) is 0 Å². The summed E-state index contributed by atoms with van der Waals surface area (Å²) in [6.07, 6.45) is 3.37. The molecule has 0 aliphatic carbocycles. The monoisotopic (exact) mass is 330 g/mol. The summed E-state index contributed by atoms with van der Waals surface area (Å²) in [7, 11) is 0. The first-order valence-electron chi connectivity index (χ1n) is 6.29. The zero-order chi connectivity index (χ0) is 15.7. The van der Waals surface area contributed by atoms with Crippen molar-refractivity contribution in [2.75, 3.05) is 0 Å². The lowest BCUT2D eigenvalue weighted by atomic mass is 10.1. The predicted octanol–water partition coefficient (Wildman–Crippen LogP) is 0.377. The van der Waals surface area contributed by atoms with Crippen LogP contribution in [0.3, 0.4) is 0 Å². The molecule has 4 N–H and O–H groups in total. The van der Waals surface area contributed by atoms with E-state index in [1.807, 2.05) is 24.3 Å². The summed E-state index contributed by atoms with van der Waals surface area (Å²) in [4.78, 5) is 23.2. The van der Waals surface area contributed by atoms with Gasteiger partial charge in [0.15, 0.2) is 10.2 Å². The van der Waals surface area contributed by atoms with Crippen molar-refractivity contribution in [1.29, 1.82) is 0 Å². The Morgan fingerprint density at radius 3 is 1.59 bits per heavy atom. The van der Waals surface area contributed by atoms with E-state index in [4.69, 9.17) is 24.4 Å². The van der Waals surface area contributed by atoms with Gasteiger partial charge in [-0.25, -0.2) is 0 Å². The molecule has 2 aliphatic heterocycles. The van der Waals surface area contributed by atoms with Crippen molar-refractivity contribution < 1.29 is 9.59 Å². The highest BCUT2D eigenvalue weighted by atomic mass is 32.1. The molecule has 22 heavy (non-hydrogen) atoms. The number of carbonyl (C=O) groups is 2. The minimum atomic E-state index is -0.268. The molecular weight excluding hydrogens is 320 g/mol. The first-order chi connectivity index (χ1) is 10.5. The maximum atomic E-state index is 11.6. The molecule has 8 heteroatoms. The molecule has 2 saturated heterocycles. The lowest BCUT2D eigenvalue weighted by Gasteiger charge is -2.00. The number of thiocarbonyl (C=S) groups is 2. The maximum absolute atomic E-state index is 11.6. The molecule has 1 aromatic rings. The van der Waals surface area contributed by atoms with Gasteiger partial charge in [-0.3, -0.25) is 20.2 Å². The maximum Gasteiger partial charge on any atom is 0.273 e. The van der Waals surface area contributed by atoms with E-state index in [2.05, 4.69) is 21.3 Å². The van der Waals surface area contributed by atoms with Crippen LogP contribution in [0.2, 0.25) is 0 Å². The summed E-state index contributed by atoms with van der Waals surface area (Å²) >= 11 is 9.75. The standard InChI is InChI=1S/C14H10N4O2S2/c19-11-9(15-13(21)17-11)5-7-2-1-3-8(4-7)6-10-12(20)18-14(22)16-10/h1-6H,(H2,15,17,19,21)(H2,16,18,20,22)/b9-5-,10-6-. The van der Waals surface area contributed by atoms with Crippen molar-refractivity contribution in [1.82, 2.24) is 21.3 Å². The Balaban J connectivity index is 1.88. The number of benzene rings is 1. The molecule has 2 amide bonds. The Labute approximate surface area is 136 Å². The van der Waals surface area contributed by atoms with E-state index in [0.717, 1.165) is 11.1 Å². The number of hydrogen-bond donors (Lipinski definition) is 4. The van der Waals surface area contributed by atoms with Gasteiger partial charge in [0, 0.05) is 0 Å². The van der Waals surface area contributed by atoms with Crippen LogP contribution in [0.1, 0.15) is 11.1 Å². The van der Waals surface area contributed by atoms with Gasteiger partial charge in [-0.1, -0.05) is 18.2 Å². The molecule has 0 atom stereocenters. The van der Waals surface area contributed by atoms with E-state index in [-0.39, 0.29) is 22.0 Å².